The van der Waals surface area contributed by atoms with Gasteiger partial charge in [0.05, 0.1) is 5.48 Å². The lowest BCUT2D eigenvalue weighted by atomic mass is 9.36. The molecule has 2 bridgehead atoms. The minimum Gasteiger partial charge on any atom is -0.396 e. The molecular formula is C7H12O2. The van der Waals surface area contributed by atoms with Gasteiger partial charge in [-0.15, -0.1) is 0 Å². The second-order valence-corrected chi connectivity index (χ2v) is 3.31. The quantitative estimate of drug-likeness (QED) is 0.561. The summed E-state index contributed by atoms with van der Waals surface area (Å²) in [4.78, 5) is 0. The number of rotatable bonds is 2. The first-order valence-electron chi connectivity index (χ1n) is 5.07. The molecule has 0 aromatic heterocycles. The monoisotopic (exact) mass is 132 g/mol. The number of hydrogen-bond donors (Lipinski definition) is 2. The van der Waals surface area contributed by atoms with E-state index in [0.29, 0.717) is 0 Å². The van der Waals surface area contributed by atoms with Crippen molar-refractivity contribution in [1.82, 2.24) is 0 Å². The van der Waals surface area contributed by atoms with Crippen LogP contribution in [0.1, 0.15) is 24.7 Å². The molecule has 0 aromatic rings. The molecule has 2 heteroatoms. The van der Waals surface area contributed by atoms with Crippen LogP contribution in [-0.4, -0.2) is 23.3 Å². The van der Waals surface area contributed by atoms with Gasteiger partial charge in [0.15, 0.2) is 0 Å². The third-order valence-corrected chi connectivity index (χ3v) is 2.50. The van der Waals surface area contributed by atoms with Gasteiger partial charge in [0, 0.05) is 13.1 Å². The van der Waals surface area contributed by atoms with Crippen LogP contribution in [0.4, 0.5) is 0 Å². The Bertz CT molecular complexity index is 208. The predicted octanol–water partition coefficient (Wildman–Crippen LogP) is 0.141. The zero-order valence-corrected chi connectivity index (χ0v) is 5.02. The van der Waals surface area contributed by atoms with Gasteiger partial charge in [0.2, 0.25) is 0 Å². The van der Waals surface area contributed by atoms with E-state index in [-0.39, 0.29) is 19.3 Å². The molecule has 0 amide bonds. The highest BCUT2D eigenvalue weighted by atomic mass is 16.3. The van der Waals surface area contributed by atoms with Gasteiger partial charge in [-0.25, -0.2) is 0 Å². The highest BCUT2D eigenvalue weighted by molar-refractivity contribution is 5.16. The highest BCUT2D eigenvalue weighted by Crippen LogP contribution is 2.72. The fourth-order valence-electron chi connectivity index (χ4n) is 2.03. The van der Waals surface area contributed by atoms with Gasteiger partial charge in [0.1, 0.15) is 0 Å². The molecular weight excluding hydrogens is 116 g/mol. The molecule has 0 aromatic carbocycles. The number of aliphatic hydroxyl groups is 2. The molecule has 0 unspecified atom stereocenters. The topological polar surface area (TPSA) is 40.5 Å². The van der Waals surface area contributed by atoms with Crippen LogP contribution in [0.5, 0.6) is 0 Å². The summed E-state index contributed by atoms with van der Waals surface area (Å²) in [5.41, 5.74) is -1.58. The molecule has 3 aliphatic carbocycles. The summed E-state index contributed by atoms with van der Waals surface area (Å²) < 4.78 is 28.5. The standard InChI is InChI=1S/C7H12O2/c8-4-6-1-7(2-6,3-6)5-9/h8-9H,1-5H2/i4D2,5D2. The van der Waals surface area contributed by atoms with Crippen molar-refractivity contribution in [3.63, 3.8) is 0 Å². The van der Waals surface area contributed by atoms with E-state index < -0.39 is 23.9 Å². The van der Waals surface area contributed by atoms with Crippen molar-refractivity contribution in [3.8, 4) is 0 Å². The molecule has 9 heavy (non-hydrogen) atoms. The first kappa shape index (κ1) is 2.89. The molecule has 3 saturated carbocycles. The molecule has 0 radical (unpaired) electrons. The lowest BCUT2D eigenvalue weighted by molar-refractivity contribution is -0.239. The molecule has 2 nitrogen and oxygen atoms in total. The van der Waals surface area contributed by atoms with E-state index >= 15 is 0 Å². The predicted molar refractivity (Wildman–Crippen MR) is 32.9 cm³/mol. The van der Waals surface area contributed by atoms with Crippen LogP contribution >= 0.6 is 0 Å². The third kappa shape index (κ3) is 0.485. The summed E-state index contributed by atoms with van der Waals surface area (Å²) in [6.07, 6.45) is 0.729. The Morgan fingerprint density at radius 3 is 1.67 bits per heavy atom. The Balaban J connectivity index is 2.09. The third-order valence-electron chi connectivity index (χ3n) is 2.50. The summed E-state index contributed by atoms with van der Waals surface area (Å²) in [6, 6.07) is 0. The summed E-state index contributed by atoms with van der Waals surface area (Å²) >= 11 is 0. The summed E-state index contributed by atoms with van der Waals surface area (Å²) in [6.45, 7) is -4.47. The first-order valence-corrected chi connectivity index (χ1v) is 3.07. The fraction of sp³-hybridized carbons (Fsp3) is 1.00. The van der Waals surface area contributed by atoms with E-state index in [1.807, 2.05) is 0 Å². The molecule has 0 saturated heterocycles. The van der Waals surface area contributed by atoms with Crippen molar-refractivity contribution < 1.29 is 15.7 Å². The van der Waals surface area contributed by atoms with Crippen LogP contribution in [0, 0.1) is 10.8 Å². The van der Waals surface area contributed by atoms with Gasteiger partial charge in [-0.1, -0.05) is 0 Å². The lowest BCUT2D eigenvalue weighted by Crippen LogP contribution is -2.64. The van der Waals surface area contributed by atoms with Gasteiger partial charge in [-0.2, -0.15) is 0 Å². The SMILES string of the molecule is [2H]C([2H])(O)C12CC(C([2H])([2H])O)(C1)C2. The van der Waals surface area contributed by atoms with E-state index in [2.05, 4.69) is 0 Å². The zero-order chi connectivity index (χ0) is 10.1. The summed E-state index contributed by atoms with van der Waals surface area (Å²) in [5, 5.41) is 18.3. The molecule has 3 aliphatic rings. The maximum atomic E-state index is 9.14. The molecule has 3 fully saturated rings. The number of hydrogen-bond acceptors (Lipinski definition) is 2. The van der Waals surface area contributed by atoms with E-state index in [1.54, 1.807) is 0 Å². The molecule has 0 aliphatic heterocycles. The molecule has 2 N–H and O–H groups in total. The van der Waals surface area contributed by atoms with Crippen LogP contribution in [0.2, 0.25) is 0 Å². The minimum atomic E-state index is -2.24. The van der Waals surface area contributed by atoms with Crippen molar-refractivity contribution in [2.24, 2.45) is 10.8 Å². The maximum Gasteiger partial charge on any atom is 0.0570 e. The fourth-order valence-corrected chi connectivity index (χ4v) is 2.03. The smallest absolute Gasteiger partial charge is 0.0570 e. The first-order chi connectivity index (χ1) is 5.62. The van der Waals surface area contributed by atoms with E-state index in [4.69, 9.17) is 15.7 Å². The minimum absolute atomic E-state index is 0.243. The highest BCUT2D eigenvalue weighted by Gasteiger charge is 2.66. The maximum absolute atomic E-state index is 9.14. The van der Waals surface area contributed by atoms with Crippen molar-refractivity contribution >= 4 is 0 Å². The second-order valence-electron chi connectivity index (χ2n) is 3.31. The van der Waals surface area contributed by atoms with E-state index in [0.717, 1.165) is 0 Å². The van der Waals surface area contributed by atoms with E-state index in [1.165, 1.54) is 0 Å². The van der Waals surface area contributed by atoms with Crippen LogP contribution in [0.25, 0.3) is 0 Å². The molecule has 3 rings (SSSR count). The average molecular weight is 132 g/mol. The van der Waals surface area contributed by atoms with Crippen molar-refractivity contribution in [3.05, 3.63) is 0 Å². The zero-order valence-electron chi connectivity index (χ0n) is 9.02. The molecule has 0 spiro atoms. The Kier molecular flexibility index (Phi) is 0.425. The van der Waals surface area contributed by atoms with Gasteiger partial charge in [-0.3, -0.25) is 0 Å². The van der Waals surface area contributed by atoms with Crippen molar-refractivity contribution in [1.29, 1.82) is 0 Å². The van der Waals surface area contributed by atoms with Gasteiger partial charge in [0.25, 0.3) is 0 Å². The van der Waals surface area contributed by atoms with Crippen LogP contribution in [0.15, 0.2) is 0 Å². The summed E-state index contributed by atoms with van der Waals surface area (Å²) in [5.74, 6) is 0. The summed E-state index contributed by atoms with van der Waals surface area (Å²) in [7, 11) is 0. The van der Waals surface area contributed by atoms with Crippen molar-refractivity contribution in [2.45, 2.75) is 19.3 Å². The largest absolute Gasteiger partial charge is 0.396 e. The van der Waals surface area contributed by atoms with E-state index in [9.17, 15) is 0 Å². The van der Waals surface area contributed by atoms with Crippen LogP contribution < -0.4 is 0 Å². The Morgan fingerprint density at radius 2 is 1.44 bits per heavy atom. The van der Waals surface area contributed by atoms with Gasteiger partial charge >= 0.3 is 0 Å². The Labute approximate surface area is 60.1 Å². The normalized spacial score (nSPS) is 63.8. The second kappa shape index (κ2) is 1.32. The van der Waals surface area contributed by atoms with Crippen LogP contribution in [-0.2, 0) is 0 Å². The van der Waals surface area contributed by atoms with Crippen LogP contribution in [0.3, 0.4) is 0 Å². The Hall–Kier alpha value is -0.0800. The molecule has 52 valence electrons. The van der Waals surface area contributed by atoms with Gasteiger partial charge in [-0.05, 0) is 30.1 Å². The average Bonchev–Trinajstić information content (AvgIpc) is 1.41. The Morgan fingerprint density at radius 1 is 1.11 bits per heavy atom. The lowest BCUT2D eigenvalue weighted by Gasteiger charge is -2.69. The molecule has 0 heterocycles. The van der Waals surface area contributed by atoms with Gasteiger partial charge < -0.3 is 10.2 Å². The molecule has 0 atom stereocenters. The van der Waals surface area contributed by atoms with Crippen molar-refractivity contribution in [2.75, 3.05) is 13.1 Å².